The van der Waals surface area contributed by atoms with E-state index in [0.717, 1.165) is 63.8 Å². The van der Waals surface area contributed by atoms with Gasteiger partial charge in [-0.1, -0.05) is 6.08 Å². The number of carbonyl (C=O) groups excluding carboxylic acids is 1. The van der Waals surface area contributed by atoms with Crippen LogP contribution in [0.1, 0.15) is 52.4 Å². The van der Waals surface area contributed by atoms with Gasteiger partial charge in [-0.3, -0.25) is 4.79 Å². The van der Waals surface area contributed by atoms with Crippen molar-refractivity contribution < 1.29 is 14.3 Å². The third kappa shape index (κ3) is 3.23. The van der Waals surface area contributed by atoms with Crippen molar-refractivity contribution in [3.8, 4) is 0 Å². The van der Waals surface area contributed by atoms with E-state index in [1.807, 2.05) is 0 Å². The average Bonchev–Trinajstić information content (AvgIpc) is 3.06. The molecule has 2 unspecified atom stereocenters. The highest BCUT2D eigenvalue weighted by molar-refractivity contribution is 5.93. The number of amides is 1. The number of piperidine rings is 1. The molecule has 1 aliphatic carbocycles. The topological polar surface area (TPSA) is 38.8 Å². The van der Waals surface area contributed by atoms with Crippen LogP contribution in [0.2, 0.25) is 0 Å². The van der Waals surface area contributed by atoms with Gasteiger partial charge in [-0.05, 0) is 52.4 Å². The smallest absolute Gasteiger partial charge is 0.249 e. The molecule has 2 heterocycles. The number of allylic oxidation sites excluding steroid dienone is 1. The lowest BCUT2D eigenvalue weighted by atomic mass is 9.73. The van der Waals surface area contributed by atoms with Crippen LogP contribution in [0, 0.1) is 5.41 Å². The molecular weight excluding hydrogens is 278 g/mol. The van der Waals surface area contributed by atoms with Crippen LogP contribution < -0.4 is 0 Å². The number of hydrogen-bond donors (Lipinski definition) is 0. The van der Waals surface area contributed by atoms with Crippen molar-refractivity contribution in [3.05, 3.63) is 11.6 Å². The van der Waals surface area contributed by atoms with Gasteiger partial charge in [0.25, 0.3) is 0 Å². The molecule has 0 aromatic rings. The van der Waals surface area contributed by atoms with E-state index >= 15 is 0 Å². The Morgan fingerprint density at radius 1 is 1.50 bits per heavy atom. The summed E-state index contributed by atoms with van der Waals surface area (Å²) in [5, 5.41) is 0. The molecule has 0 bridgehead atoms. The molecule has 1 amide bonds. The van der Waals surface area contributed by atoms with Gasteiger partial charge in [0.1, 0.15) is 0 Å². The second-order valence-corrected chi connectivity index (χ2v) is 7.32. The highest BCUT2D eigenvalue weighted by atomic mass is 16.5. The number of nitrogens with zero attached hydrogens (tertiary/aromatic N) is 1. The molecule has 2 fully saturated rings. The zero-order chi connectivity index (χ0) is 15.6. The van der Waals surface area contributed by atoms with Gasteiger partial charge < -0.3 is 14.4 Å². The maximum Gasteiger partial charge on any atom is 0.249 e. The second kappa shape index (κ2) is 6.71. The summed E-state index contributed by atoms with van der Waals surface area (Å²) >= 11 is 0. The van der Waals surface area contributed by atoms with E-state index in [2.05, 4.69) is 24.8 Å². The number of rotatable bonds is 4. The van der Waals surface area contributed by atoms with Crippen molar-refractivity contribution in [2.75, 3.05) is 26.3 Å². The van der Waals surface area contributed by atoms with Crippen LogP contribution in [0.15, 0.2) is 11.6 Å². The molecule has 22 heavy (non-hydrogen) atoms. The molecule has 2 saturated heterocycles. The Morgan fingerprint density at radius 3 is 3.09 bits per heavy atom. The maximum absolute atomic E-state index is 12.7. The summed E-state index contributed by atoms with van der Waals surface area (Å²) in [7, 11) is 0. The van der Waals surface area contributed by atoms with Crippen LogP contribution in [0.25, 0.3) is 0 Å². The Kier molecular flexibility index (Phi) is 4.88. The summed E-state index contributed by atoms with van der Waals surface area (Å²) in [6.07, 6.45) is 8.86. The molecule has 4 heteroatoms. The SMILES string of the molecule is CC(C)OCC12CCCOC1CCN(C(=O)C1=CCCC1)C2. The highest BCUT2D eigenvalue weighted by Crippen LogP contribution is 2.41. The standard InChI is InChI=1S/C18H29NO3/c1-14(2)22-13-18-9-5-11-21-16(18)8-10-19(12-18)17(20)15-6-3-4-7-15/h6,14,16H,3-5,7-13H2,1-2H3. The minimum absolute atomic E-state index is 0.00437. The first-order valence-corrected chi connectivity index (χ1v) is 8.82. The molecule has 2 aliphatic heterocycles. The molecule has 0 aromatic carbocycles. The third-order valence-electron chi connectivity index (χ3n) is 5.30. The Bertz CT molecular complexity index is 446. The van der Waals surface area contributed by atoms with Crippen molar-refractivity contribution in [2.45, 2.75) is 64.6 Å². The van der Waals surface area contributed by atoms with E-state index in [0.29, 0.717) is 6.61 Å². The van der Waals surface area contributed by atoms with Gasteiger partial charge in [-0.2, -0.15) is 0 Å². The Hall–Kier alpha value is -0.870. The Labute approximate surface area is 133 Å². The van der Waals surface area contributed by atoms with E-state index < -0.39 is 0 Å². The minimum atomic E-state index is -0.00437. The molecule has 3 rings (SSSR count). The molecule has 3 aliphatic rings. The number of likely N-dealkylation sites (tertiary alicyclic amines) is 1. The van der Waals surface area contributed by atoms with Crippen LogP contribution in [-0.2, 0) is 14.3 Å². The fraction of sp³-hybridized carbons (Fsp3) is 0.833. The van der Waals surface area contributed by atoms with Crippen molar-refractivity contribution >= 4 is 5.91 Å². The van der Waals surface area contributed by atoms with Crippen molar-refractivity contribution in [3.63, 3.8) is 0 Å². The predicted molar refractivity (Wildman–Crippen MR) is 85.6 cm³/mol. The zero-order valence-corrected chi connectivity index (χ0v) is 14.0. The van der Waals surface area contributed by atoms with Crippen LogP contribution in [0.5, 0.6) is 0 Å². The normalized spacial score (nSPS) is 32.0. The van der Waals surface area contributed by atoms with E-state index in [1.165, 1.54) is 0 Å². The summed E-state index contributed by atoms with van der Waals surface area (Å²) in [5.41, 5.74) is 1.02. The van der Waals surface area contributed by atoms with E-state index in [4.69, 9.17) is 9.47 Å². The second-order valence-electron chi connectivity index (χ2n) is 7.32. The quantitative estimate of drug-likeness (QED) is 0.801. The summed E-state index contributed by atoms with van der Waals surface area (Å²) in [6.45, 7) is 7.32. The summed E-state index contributed by atoms with van der Waals surface area (Å²) in [5.74, 6) is 0.255. The molecule has 2 atom stereocenters. The largest absolute Gasteiger partial charge is 0.378 e. The van der Waals surface area contributed by atoms with Crippen molar-refractivity contribution in [2.24, 2.45) is 5.41 Å². The molecule has 0 N–H and O–H groups in total. The van der Waals surface area contributed by atoms with Gasteiger partial charge in [0.15, 0.2) is 0 Å². The zero-order valence-electron chi connectivity index (χ0n) is 14.0. The molecular formula is C18H29NO3. The molecule has 124 valence electrons. The van der Waals surface area contributed by atoms with Crippen LogP contribution in [-0.4, -0.2) is 49.3 Å². The van der Waals surface area contributed by atoms with Crippen molar-refractivity contribution in [1.29, 1.82) is 0 Å². The first-order valence-electron chi connectivity index (χ1n) is 8.82. The van der Waals surface area contributed by atoms with Crippen LogP contribution in [0.3, 0.4) is 0 Å². The lowest BCUT2D eigenvalue weighted by molar-refractivity contribution is -0.166. The summed E-state index contributed by atoms with van der Waals surface area (Å²) in [4.78, 5) is 14.8. The summed E-state index contributed by atoms with van der Waals surface area (Å²) < 4.78 is 12.0. The highest BCUT2D eigenvalue weighted by Gasteiger charge is 2.47. The van der Waals surface area contributed by atoms with Gasteiger partial charge in [0.2, 0.25) is 5.91 Å². The fourth-order valence-electron chi connectivity index (χ4n) is 4.08. The molecule has 0 aromatic heterocycles. The van der Waals surface area contributed by atoms with Gasteiger partial charge in [-0.25, -0.2) is 0 Å². The molecule has 0 radical (unpaired) electrons. The fourth-order valence-corrected chi connectivity index (χ4v) is 4.08. The average molecular weight is 307 g/mol. The molecule has 0 spiro atoms. The van der Waals surface area contributed by atoms with Crippen molar-refractivity contribution in [1.82, 2.24) is 4.90 Å². The maximum atomic E-state index is 12.7. The number of ether oxygens (including phenoxy) is 2. The number of hydrogen-bond acceptors (Lipinski definition) is 3. The van der Waals surface area contributed by atoms with Crippen LogP contribution >= 0.6 is 0 Å². The van der Waals surface area contributed by atoms with Gasteiger partial charge >= 0.3 is 0 Å². The van der Waals surface area contributed by atoms with E-state index in [9.17, 15) is 4.79 Å². The first kappa shape index (κ1) is 16.0. The lowest BCUT2D eigenvalue weighted by Gasteiger charge is -2.50. The monoisotopic (exact) mass is 307 g/mol. The predicted octanol–water partition coefficient (Wildman–Crippen LogP) is 2.92. The van der Waals surface area contributed by atoms with E-state index in [-0.39, 0.29) is 23.5 Å². The lowest BCUT2D eigenvalue weighted by Crippen LogP contribution is -2.58. The Balaban J connectivity index is 1.72. The Morgan fingerprint density at radius 2 is 2.36 bits per heavy atom. The van der Waals surface area contributed by atoms with Gasteiger partial charge in [-0.15, -0.1) is 0 Å². The number of carbonyl (C=O) groups is 1. The van der Waals surface area contributed by atoms with Crippen LogP contribution in [0.4, 0.5) is 0 Å². The van der Waals surface area contributed by atoms with E-state index in [1.54, 1.807) is 0 Å². The summed E-state index contributed by atoms with van der Waals surface area (Å²) in [6, 6.07) is 0. The van der Waals surface area contributed by atoms with Gasteiger partial charge in [0.05, 0.1) is 18.8 Å². The first-order chi connectivity index (χ1) is 10.6. The molecule has 4 nitrogen and oxygen atoms in total. The minimum Gasteiger partial charge on any atom is -0.378 e. The number of fused-ring (bicyclic) bond motifs is 1. The third-order valence-corrected chi connectivity index (χ3v) is 5.30. The molecule has 0 saturated carbocycles. The van der Waals surface area contributed by atoms with Gasteiger partial charge in [0, 0.05) is 30.7 Å².